The third-order valence-corrected chi connectivity index (χ3v) is 9.09. The van der Waals surface area contributed by atoms with Crippen LogP contribution in [0.4, 0.5) is 4.39 Å². The van der Waals surface area contributed by atoms with E-state index in [0.29, 0.717) is 32.1 Å². The van der Waals surface area contributed by atoms with Gasteiger partial charge in [0.15, 0.2) is 11.6 Å². The summed E-state index contributed by atoms with van der Waals surface area (Å²) >= 11 is 0. The zero-order valence-electron chi connectivity index (χ0n) is 16.7. The molecule has 4 aliphatic rings. The van der Waals surface area contributed by atoms with Crippen molar-refractivity contribution in [1.82, 2.24) is 0 Å². The minimum Gasteiger partial charge on any atom is -0.390 e. The molecule has 0 bridgehead atoms. The predicted octanol–water partition coefficient (Wildman–Crippen LogP) is 3.15. The molecule has 0 unspecified atom stereocenters. The number of carbonyl (C=O) groups excluding carboxylic acids is 2. The summed E-state index contributed by atoms with van der Waals surface area (Å²) in [4.78, 5) is 24.5. The zero-order valence-corrected chi connectivity index (χ0v) is 16.7. The van der Waals surface area contributed by atoms with Crippen LogP contribution >= 0.6 is 0 Å². The van der Waals surface area contributed by atoms with Gasteiger partial charge in [-0.3, -0.25) is 9.59 Å². The van der Waals surface area contributed by atoms with Crippen LogP contribution in [-0.2, 0) is 9.59 Å². The molecule has 0 spiro atoms. The lowest BCUT2D eigenvalue weighted by molar-refractivity contribution is -0.227. The molecule has 0 saturated heterocycles. The van der Waals surface area contributed by atoms with Crippen LogP contribution < -0.4 is 0 Å². The molecule has 4 rings (SSSR count). The van der Waals surface area contributed by atoms with Crippen molar-refractivity contribution in [2.24, 2.45) is 28.6 Å². The number of ketones is 2. The molecule has 0 aromatic heterocycles. The molecule has 0 aromatic rings. The number of carbonyl (C=O) groups is 2. The largest absolute Gasteiger partial charge is 0.390 e. The molecular weight excluding hydrogens is 347 g/mol. The normalized spacial score (nSPS) is 54.6. The van der Waals surface area contributed by atoms with E-state index in [0.717, 1.165) is 5.57 Å². The van der Waals surface area contributed by atoms with Gasteiger partial charge >= 0.3 is 0 Å². The minimum absolute atomic E-state index is 0.0477. The Hall–Kier alpha value is -1.07. The number of allylic oxidation sites excluding steroid dienone is 1. The first-order valence-corrected chi connectivity index (χ1v) is 10.3. The van der Waals surface area contributed by atoms with Gasteiger partial charge in [0.1, 0.15) is 11.3 Å². The maximum Gasteiger partial charge on any atom is 0.161 e. The SMILES string of the molecule is CC(=O)[C@@]1(O)CC[C@H]2[C@@H]3CCC4=CC(=O)[C@H](C)C[C@]4(C)[C@@]3(F)[C@H](O)C[C@@]21C. The molecule has 4 aliphatic carbocycles. The van der Waals surface area contributed by atoms with Gasteiger partial charge in [0.05, 0.1) is 6.10 Å². The Morgan fingerprint density at radius 1 is 1.22 bits per heavy atom. The summed E-state index contributed by atoms with van der Waals surface area (Å²) in [7, 11) is 0. The van der Waals surface area contributed by atoms with E-state index >= 15 is 4.39 Å². The highest BCUT2D eigenvalue weighted by Gasteiger charge is 2.74. The van der Waals surface area contributed by atoms with E-state index in [2.05, 4.69) is 0 Å². The molecule has 3 saturated carbocycles. The Labute approximate surface area is 160 Å². The van der Waals surface area contributed by atoms with Crippen LogP contribution in [0, 0.1) is 28.6 Å². The van der Waals surface area contributed by atoms with Gasteiger partial charge in [-0.15, -0.1) is 0 Å². The lowest BCUT2D eigenvalue weighted by atomic mass is 9.43. The van der Waals surface area contributed by atoms with Gasteiger partial charge in [-0.2, -0.15) is 0 Å². The molecule has 2 N–H and O–H groups in total. The Morgan fingerprint density at radius 3 is 2.52 bits per heavy atom. The second kappa shape index (κ2) is 5.50. The number of hydrogen-bond acceptors (Lipinski definition) is 4. The fourth-order valence-corrected chi connectivity index (χ4v) is 7.48. The van der Waals surface area contributed by atoms with E-state index in [-0.39, 0.29) is 29.8 Å². The number of rotatable bonds is 1. The van der Waals surface area contributed by atoms with Gasteiger partial charge in [0, 0.05) is 22.7 Å². The highest BCUT2D eigenvalue weighted by molar-refractivity contribution is 5.93. The summed E-state index contributed by atoms with van der Waals surface area (Å²) in [5, 5.41) is 22.3. The third kappa shape index (κ3) is 2.05. The van der Waals surface area contributed by atoms with E-state index in [1.54, 1.807) is 6.08 Å². The van der Waals surface area contributed by atoms with Crippen LogP contribution in [-0.4, -0.2) is 39.2 Å². The number of hydrogen-bond donors (Lipinski definition) is 2. The quantitative estimate of drug-likeness (QED) is 0.735. The highest BCUT2D eigenvalue weighted by atomic mass is 19.1. The molecule has 3 fully saturated rings. The average Bonchev–Trinajstić information content (AvgIpc) is 2.84. The molecule has 4 nitrogen and oxygen atoms in total. The molecule has 5 heteroatoms. The van der Waals surface area contributed by atoms with Crippen LogP contribution in [0.15, 0.2) is 11.6 Å². The molecule has 0 aromatic carbocycles. The Balaban J connectivity index is 1.82. The number of aliphatic hydroxyl groups is 2. The standard InChI is InChI=1S/C22H31FO4/c1-12-10-19(3)14(9-17(12)25)5-6-16-15-7-8-21(27,13(2)24)20(15,4)11-18(26)22(16,19)23/h9,12,15-16,18,26-27H,5-8,10-11H2,1-4H3/t12-,15+,16+,18-,19+,20+,21+,22+/m1/s1. The summed E-state index contributed by atoms with van der Waals surface area (Å²) in [5.41, 5.74) is -4.19. The minimum atomic E-state index is -1.84. The summed E-state index contributed by atoms with van der Waals surface area (Å²) in [6, 6.07) is 0. The van der Waals surface area contributed by atoms with Crippen molar-refractivity contribution in [2.75, 3.05) is 0 Å². The Morgan fingerprint density at radius 2 is 1.89 bits per heavy atom. The monoisotopic (exact) mass is 378 g/mol. The zero-order chi connectivity index (χ0) is 20.0. The number of fused-ring (bicyclic) bond motifs is 5. The fourth-order valence-electron chi connectivity index (χ4n) is 7.48. The summed E-state index contributed by atoms with van der Waals surface area (Å²) in [6.45, 7) is 6.95. The molecule has 8 atom stereocenters. The molecule has 0 amide bonds. The van der Waals surface area contributed by atoms with Crippen molar-refractivity contribution in [1.29, 1.82) is 0 Å². The molecular formula is C22H31FO4. The van der Waals surface area contributed by atoms with E-state index in [1.807, 2.05) is 20.8 Å². The van der Waals surface area contributed by atoms with Crippen molar-refractivity contribution < 1.29 is 24.2 Å². The van der Waals surface area contributed by atoms with Crippen LogP contribution in [0.1, 0.15) is 66.2 Å². The van der Waals surface area contributed by atoms with Crippen molar-refractivity contribution >= 4 is 11.6 Å². The summed E-state index contributed by atoms with van der Waals surface area (Å²) < 4.78 is 16.9. The molecule has 0 aliphatic heterocycles. The molecule has 0 heterocycles. The first kappa shape index (κ1) is 19.3. The van der Waals surface area contributed by atoms with Gasteiger partial charge in [0.25, 0.3) is 0 Å². The predicted molar refractivity (Wildman–Crippen MR) is 98.6 cm³/mol. The van der Waals surface area contributed by atoms with Gasteiger partial charge in [-0.1, -0.05) is 26.3 Å². The van der Waals surface area contributed by atoms with Crippen LogP contribution in [0.2, 0.25) is 0 Å². The number of halogens is 1. The first-order valence-electron chi connectivity index (χ1n) is 10.3. The maximum absolute atomic E-state index is 16.9. The van der Waals surface area contributed by atoms with E-state index in [9.17, 15) is 19.8 Å². The van der Waals surface area contributed by atoms with Crippen LogP contribution in [0.3, 0.4) is 0 Å². The fraction of sp³-hybridized carbons (Fsp3) is 0.818. The second-order valence-corrected chi connectivity index (χ2v) is 10.1. The van der Waals surface area contributed by atoms with Crippen molar-refractivity contribution in [3.8, 4) is 0 Å². The van der Waals surface area contributed by atoms with E-state index in [1.165, 1.54) is 6.92 Å². The summed E-state index contributed by atoms with van der Waals surface area (Å²) in [6.07, 6.45) is 2.95. The van der Waals surface area contributed by atoms with Crippen LogP contribution in [0.5, 0.6) is 0 Å². The van der Waals surface area contributed by atoms with Gasteiger partial charge < -0.3 is 10.2 Å². The van der Waals surface area contributed by atoms with Crippen molar-refractivity contribution in [3.05, 3.63) is 11.6 Å². The number of alkyl halides is 1. The topological polar surface area (TPSA) is 74.6 Å². The number of Topliss-reactive ketones (excluding diaryl/α,β-unsaturated/α-hetero) is 1. The van der Waals surface area contributed by atoms with E-state index < -0.39 is 34.1 Å². The Bertz CT molecular complexity index is 747. The molecule has 0 radical (unpaired) electrons. The Kier molecular flexibility index (Phi) is 3.93. The first-order chi connectivity index (χ1) is 12.4. The second-order valence-electron chi connectivity index (χ2n) is 10.1. The third-order valence-electron chi connectivity index (χ3n) is 9.09. The van der Waals surface area contributed by atoms with Crippen LogP contribution in [0.25, 0.3) is 0 Å². The molecule has 27 heavy (non-hydrogen) atoms. The summed E-state index contributed by atoms with van der Waals surface area (Å²) in [5.74, 6) is -1.06. The van der Waals surface area contributed by atoms with Gasteiger partial charge in [-0.05, 0) is 57.4 Å². The maximum atomic E-state index is 16.9. The number of aliphatic hydroxyl groups excluding tert-OH is 1. The van der Waals surface area contributed by atoms with Gasteiger partial charge in [-0.25, -0.2) is 4.39 Å². The van der Waals surface area contributed by atoms with Gasteiger partial charge in [0.2, 0.25) is 0 Å². The lowest BCUT2D eigenvalue weighted by Crippen LogP contribution is -2.69. The average molecular weight is 378 g/mol. The lowest BCUT2D eigenvalue weighted by Gasteiger charge is -2.63. The smallest absolute Gasteiger partial charge is 0.161 e. The highest BCUT2D eigenvalue weighted by Crippen LogP contribution is 2.70. The van der Waals surface area contributed by atoms with Crippen molar-refractivity contribution in [3.63, 3.8) is 0 Å². The van der Waals surface area contributed by atoms with E-state index in [4.69, 9.17) is 0 Å². The molecule has 150 valence electrons. The van der Waals surface area contributed by atoms with Crippen molar-refractivity contribution in [2.45, 2.75) is 83.6 Å².